The zero-order valence-electron chi connectivity index (χ0n) is 17.9. The third kappa shape index (κ3) is 4.91. The molecule has 0 bridgehead atoms. The highest BCUT2D eigenvalue weighted by Crippen LogP contribution is 2.46. The Balaban J connectivity index is 1.80. The summed E-state index contributed by atoms with van der Waals surface area (Å²) in [5, 5.41) is 18.1. The Morgan fingerprint density at radius 2 is 2.15 bits per heavy atom. The van der Waals surface area contributed by atoms with Gasteiger partial charge >= 0.3 is 0 Å². The van der Waals surface area contributed by atoms with Gasteiger partial charge < -0.3 is 5.11 Å². The Morgan fingerprint density at radius 3 is 2.76 bits per heavy atom. The molecule has 0 aliphatic heterocycles. The van der Waals surface area contributed by atoms with Gasteiger partial charge in [0, 0.05) is 24.8 Å². The number of hydroxylamine groups is 1. The molecular formula is C22H22FN3O6S. The van der Waals surface area contributed by atoms with Gasteiger partial charge in [0.25, 0.3) is 11.5 Å². The van der Waals surface area contributed by atoms with Crippen molar-refractivity contribution < 1.29 is 27.9 Å². The van der Waals surface area contributed by atoms with Crippen molar-refractivity contribution in [3.05, 3.63) is 40.4 Å². The second-order valence-electron chi connectivity index (χ2n) is 8.14. The SMILES string of the molecule is C[C@@](CCn1cnc2cc(C#CC#C[C@H]3C[C@]3(F)CO)ccc2c1=O)(C(=O)NO)S(C)(=O)=O. The number of aliphatic hydroxyl groups is 1. The third-order valence-electron chi connectivity index (χ3n) is 5.84. The van der Waals surface area contributed by atoms with E-state index in [0.29, 0.717) is 11.1 Å². The average Bonchev–Trinajstić information content (AvgIpc) is 3.44. The second-order valence-corrected chi connectivity index (χ2v) is 10.6. The van der Waals surface area contributed by atoms with Crippen LogP contribution < -0.4 is 11.0 Å². The number of nitrogens with zero attached hydrogens (tertiary/aromatic N) is 2. The number of amides is 1. The number of carbonyl (C=O) groups excluding carboxylic acids is 1. The molecule has 174 valence electrons. The Bertz CT molecular complexity index is 1400. The highest BCUT2D eigenvalue weighted by molar-refractivity contribution is 7.92. The van der Waals surface area contributed by atoms with Gasteiger partial charge in [-0.1, -0.05) is 11.8 Å². The predicted octanol–water partition coefficient (Wildman–Crippen LogP) is 0.171. The van der Waals surface area contributed by atoms with Gasteiger partial charge in [-0.3, -0.25) is 19.4 Å². The number of aromatic nitrogens is 2. The van der Waals surface area contributed by atoms with Crippen molar-refractivity contribution in [1.82, 2.24) is 15.0 Å². The van der Waals surface area contributed by atoms with Crippen LogP contribution in [0.15, 0.2) is 29.3 Å². The van der Waals surface area contributed by atoms with Crippen molar-refractivity contribution >= 4 is 26.6 Å². The van der Waals surface area contributed by atoms with Gasteiger partial charge in [-0.05, 0) is 43.4 Å². The van der Waals surface area contributed by atoms with Crippen LogP contribution in [0.3, 0.4) is 0 Å². The van der Waals surface area contributed by atoms with Gasteiger partial charge in [-0.25, -0.2) is 23.3 Å². The van der Waals surface area contributed by atoms with Crippen LogP contribution >= 0.6 is 0 Å². The largest absolute Gasteiger partial charge is 0.393 e. The molecule has 1 aliphatic rings. The summed E-state index contributed by atoms with van der Waals surface area (Å²) in [7, 11) is -3.89. The maximum atomic E-state index is 13.6. The van der Waals surface area contributed by atoms with E-state index in [1.807, 2.05) is 0 Å². The monoisotopic (exact) mass is 475 g/mol. The van der Waals surface area contributed by atoms with Crippen molar-refractivity contribution in [3.8, 4) is 23.7 Å². The van der Waals surface area contributed by atoms with E-state index in [9.17, 15) is 22.4 Å². The summed E-state index contributed by atoms with van der Waals surface area (Å²) < 4.78 is 37.0. The molecular weight excluding hydrogens is 453 g/mol. The molecule has 3 atom stereocenters. The highest BCUT2D eigenvalue weighted by Gasteiger charge is 2.54. The number of sulfone groups is 1. The molecule has 1 aliphatic carbocycles. The lowest BCUT2D eigenvalue weighted by atomic mass is 10.1. The molecule has 33 heavy (non-hydrogen) atoms. The van der Waals surface area contributed by atoms with Crippen molar-refractivity contribution in [2.45, 2.75) is 36.7 Å². The van der Waals surface area contributed by atoms with Crippen molar-refractivity contribution in [2.75, 3.05) is 12.9 Å². The molecule has 0 spiro atoms. The quantitative estimate of drug-likeness (QED) is 0.308. The molecule has 1 saturated carbocycles. The fourth-order valence-corrected chi connectivity index (χ4v) is 4.02. The van der Waals surface area contributed by atoms with Gasteiger partial charge in [0.2, 0.25) is 0 Å². The molecule has 11 heteroatoms. The number of hydrogen-bond acceptors (Lipinski definition) is 7. The smallest absolute Gasteiger partial charge is 0.264 e. The Morgan fingerprint density at radius 1 is 1.42 bits per heavy atom. The molecule has 1 aromatic carbocycles. The lowest BCUT2D eigenvalue weighted by Crippen LogP contribution is -2.50. The number of hydrogen-bond donors (Lipinski definition) is 3. The summed E-state index contributed by atoms with van der Waals surface area (Å²) >= 11 is 0. The van der Waals surface area contributed by atoms with Crippen LogP contribution in [0.4, 0.5) is 4.39 Å². The maximum Gasteiger partial charge on any atom is 0.264 e. The Hall–Kier alpha value is -3.25. The van der Waals surface area contributed by atoms with Crippen LogP contribution in [0.25, 0.3) is 10.9 Å². The average molecular weight is 475 g/mol. The summed E-state index contributed by atoms with van der Waals surface area (Å²) in [5.74, 6) is 9.01. The summed E-state index contributed by atoms with van der Waals surface area (Å²) in [5.41, 5.74) is 0.205. The van der Waals surface area contributed by atoms with Gasteiger partial charge in [-0.15, -0.1) is 0 Å². The number of benzene rings is 1. The van der Waals surface area contributed by atoms with E-state index in [4.69, 9.17) is 10.3 Å². The van der Waals surface area contributed by atoms with Crippen LogP contribution in [0, 0.1) is 29.6 Å². The van der Waals surface area contributed by atoms with Crippen molar-refractivity contribution in [2.24, 2.45) is 5.92 Å². The van der Waals surface area contributed by atoms with E-state index in [-0.39, 0.29) is 24.8 Å². The number of halogens is 1. The lowest BCUT2D eigenvalue weighted by molar-refractivity contribution is -0.131. The van der Waals surface area contributed by atoms with Crippen LogP contribution in [0.5, 0.6) is 0 Å². The molecule has 9 nitrogen and oxygen atoms in total. The highest BCUT2D eigenvalue weighted by atomic mass is 32.2. The predicted molar refractivity (Wildman–Crippen MR) is 117 cm³/mol. The lowest BCUT2D eigenvalue weighted by Gasteiger charge is -2.25. The number of aryl methyl sites for hydroxylation is 1. The summed E-state index contributed by atoms with van der Waals surface area (Å²) in [6.45, 7) is 0.485. The standard InChI is InChI=1S/C22H22FN3O6S/c1-21(20(29)25-30,33(2,31)32)9-10-26-14-24-18-11-15(7-8-17(18)19(26)28)5-3-4-6-16-12-22(16,23)13-27/h7-8,11,14,16,27,30H,9-10,12-13H2,1-2H3,(H,25,29)/t16-,21+,22-/m0/s1. The van der Waals surface area contributed by atoms with Crippen LogP contribution in [0.1, 0.15) is 25.3 Å². The minimum absolute atomic E-state index is 0.124. The van der Waals surface area contributed by atoms with Gasteiger partial charge in [0.15, 0.2) is 14.6 Å². The fourth-order valence-electron chi connectivity index (χ4n) is 3.18. The molecule has 3 rings (SSSR count). The van der Waals surface area contributed by atoms with E-state index >= 15 is 0 Å². The molecule has 1 amide bonds. The molecule has 3 N–H and O–H groups in total. The third-order valence-corrected chi connectivity index (χ3v) is 7.87. The Labute approximate surface area is 189 Å². The molecule has 1 heterocycles. The zero-order valence-corrected chi connectivity index (χ0v) is 18.7. The minimum Gasteiger partial charge on any atom is -0.393 e. The summed E-state index contributed by atoms with van der Waals surface area (Å²) in [6, 6.07) is 4.70. The van der Waals surface area contributed by atoms with Crippen LogP contribution in [0.2, 0.25) is 0 Å². The van der Waals surface area contributed by atoms with E-state index in [0.717, 1.165) is 6.26 Å². The Kier molecular flexibility index (Phi) is 6.61. The van der Waals surface area contributed by atoms with Crippen LogP contribution in [-0.2, 0) is 21.2 Å². The number of rotatable bonds is 6. The van der Waals surface area contributed by atoms with Crippen molar-refractivity contribution in [1.29, 1.82) is 0 Å². The zero-order chi connectivity index (χ0) is 24.4. The summed E-state index contributed by atoms with van der Waals surface area (Å²) in [6.07, 6.45) is 2.05. The number of nitrogens with one attached hydrogen (secondary N) is 1. The van der Waals surface area contributed by atoms with Gasteiger partial charge in [-0.2, -0.15) is 0 Å². The van der Waals surface area contributed by atoms with Gasteiger partial charge in [0.05, 0.1) is 29.8 Å². The van der Waals surface area contributed by atoms with Crippen LogP contribution in [-0.4, -0.2) is 57.5 Å². The van der Waals surface area contributed by atoms with E-state index in [1.165, 1.54) is 29.4 Å². The van der Waals surface area contributed by atoms with E-state index < -0.39 is 44.2 Å². The fraction of sp³-hybridized carbons (Fsp3) is 0.409. The number of alkyl halides is 1. The molecule has 0 unspecified atom stereocenters. The first kappa shape index (κ1) is 24.4. The normalized spacial score (nSPS) is 21.2. The number of aliphatic hydroxyl groups excluding tert-OH is 1. The molecule has 0 radical (unpaired) electrons. The minimum atomic E-state index is -3.89. The first-order valence-electron chi connectivity index (χ1n) is 9.90. The molecule has 1 fully saturated rings. The number of carbonyl (C=O) groups is 1. The number of fused-ring (bicyclic) bond motifs is 1. The van der Waals surface area contributed by atoms with E-state index in [1.54, 1.807) is 12.1 Å². The molecule has 2 aromatic rings. The van der Waals surface area contributed by atoms with E-state index in [2.05, 4.69) is 28.7 Å². The summed E-state index contributed by atoms with van der Waals surface area (Å²) in [4.78, 5) is 28.9. The maximum absolute atomic E-state index is 13.6. The first-order chi connectivity index (χ1) is 15.4. The topological polar surface area (TPSA) is 139 Å². The second kappa shape index (κ2) is 8.94. The van der Waals surface area contributed by atoms with Crippen molar-refractivity contribution in [3.63, 3.8) is 0 Å². The molecule has 1 aromatic heterocycles. The first-order valence-corrected chi connectivity index (χ1v) is 11.8. The molecule has 0 saturated heterocycles. The van der Waals surface area contributed by atoms with Gasteiger partial charge in [0.1, 0.15) is 5.67 Å².